The van der Waals surface area contributed by atoms with E-state index in [-0.39, 0.29) is 18.4 Å². The van der Waals surface area contributed by atoms with E-state index in [0.29, 0.717) is 5.92 Å². The SMILES string of the molecule is Cl.N[C@@H](c1ccc2cc[nH]c2c1)[C@H](O)C1CCCC1. The van der Waals surface area contributed by atoms with Crippen molar-refractivity contribution in [1.29, 1.82) is 0 Å². The van der Waals surface area contributed by atoms with Gasteiger partial charge in [0, 0.05) is 11.7 Å². The summed E-state index contributed by atoms with van der Waals surface area (Å²) in [5, 5.41) is 11.5. The Bertz CT molecular complexity index is 534. The van der Waals surface area contributed by atoms with Crippen molar-refractivity contribution in [2.75, 3.05) is 0 Å². The number of nitrogens with one attached hydrogen (secondary N) is 1. The van der Waals surface area contributed by atoms with Gasteiger partial charge >= 0.3 is 0 Å². The van der Waals surface area contributed by atoms with Crippen molar-refractivity contribution >= 4 is 23.3 Å². The molecule has 1 aromatic heterocycles. The van der Waals surface area contributed by atoms with E-state index in [1.807, 2.05) is 18.3 Å². The molecule has 0 bridgehead atoms. The first-order chi connectivity index (χ1) is 8.75. The van der Waals surface area contributed by atoms with E-state index in [0.717, 1.165) is 23.9 Å². The molecule has 2 aromatic rings. The number of aromatic nitrogens is 1. The Hall–Kier alpha value is -1.03. The minimum absolute atomic E-state index is 0. The van der Waals surface area contributed by atoms with Crippen LogP contribution in [0.15, 0.2) is 30.5 Å². The van der Waals surface area contributed by atoms with E-state index in [1.54, 1.807) is 0 Å². The Labute approximate surface area is 119 Å². The Morgan fingerprint density at radius 2 is 1.95 bits per heavy atom. The Balaban J connectivity index is 0.00000133. The molecule has 0 saturated heterocycles. The Morgan fingerprint density at radius 1 is 1.21 bits per heavy atom. The fraction of sp³-hybridized carbons (Fsp3) is 0.467. The quantitative estimate of drug-likeness (QED) is 0.809. The van der Waals surface area contributed by atoms with Crippen LogP contribution < -0.4 is 5.73 Å². The van der Waals surface area contributed by atoms with E-state index < -0.39 is 6.10 Å². The van der Waals surface area contributed by atoms with Gasteiger partial charge in [-0.1, -0.05) is 25.0 Å². The smallest absolute Gasteiger partial charge is 0.0760 e. The average Bonchev–Trinajstić information content (AvgIpc) is 3.06. The maximum Gasteiger partial charge on any atom is 0.0760 e. The van der Waals surface area contributed by atoms with E-state index in [4.69, 9.17) is 5.73 Å². The minimum Gasteiger partial charge on any atom is -0.391 e. The summed E-state index contributed by atoms with van der Waals surface area (Å²) in [6.45, 7) is 0. The second kappa shape index (κ2) is 5.95. The van der Waals surface area contributed by atoms with Crippen LogP contribution in [-0.4, -0.2) is 16.2 Å². The van der Waals surface area contributed by atoms with Gasteiger partial charge in [-0.25, -0.2) is 0 Å². The van der Waals surface area contributed by atoms with Crippen molar-refractivity contribution < 1.29 is 5.11 Å². The molecule has 1 fully saturated rings. The lowest BCUT2D eigenvalue weighted by atomic mass is 9.90. The van der Waals surface area contributed by atoms with Crippen molar-refractivity contribution in [2.45, 2.75) is 37.8 Å². The number of aromatic amines is 1. The van der Waals surface area contributed by atoms with E-state index >= 15 is 0 Å². The molecule has 3 rings (SSSR count). The van der Waals surface area contributed by atoms with Crippen molar-refractivity contribution in [2.24, 2.45) is 11.7 Å². The molecule has 1 aromatic carbocycles. The summed E-state index contributed by atoms with van der Waals surface area (Å²) in [6, 6.07) is 7.90. The topological polar surface area (TPSA) is 62.0 Å². The summed E-state index contributed by atoms with van der Waals surface area (Å²) in [5.41, 5.74) is 8.32. The van der Waals surface area contributed by atoms with Crippen LogP contribution in [0.5, 0.6) is 0 Å². The Kier molecular flexibility index (Phi) is 4.50. The Morgan fingerprint density at radius 3 is 2.68 bits per heavy atom. The van der Waals surface area contributed by atoms with Crippen LogP contribution in [0, 0.1) is 5.92 Å². The van der Waals surface area contributed by atoms with Crippen LogP contribution in [-0.2, 0) is 0 Å². The molecule has 0 spiro atoms. The maximum atomic E-state index is 10.4. The van der Waals surface area contributed by atoms with Gasteiger partial charge < -0.3 is 15.8 Å². The zero-order chi connectivity index (χ0) is 12.5. The lowest BCUT2D eigenvalue weighted by Crippen LogP contribution is -2.31. The summed E-state index contributed by atoms with van der Waals surface area (Å²) in [4.78, 5) is 3.19. The molecule has 19 heavy (non-hydrogen) atoms. The third-order valence-electron chi connectivity index (χ3n) is 4.21. The van der Waals surface area contributed by atoms with Gasteiger partial charge in [0.2, 0.25) is 0 Å². The predicted molar refractivity (Wildman–Crippen MR) is 80.4 cm³/mol. The molecule has 0 amide bonds. The number of hydrogen-bond acceptors (Lipinski definition) is 2. The van der Waals surface area contributed by atoms with E-state index in [9.17, 15) is 5.11 Å². The number of rotatable bonds is 3. The number of hydrogen-bond donors (Lipinski definition) is 3. The number of halogens is 1. The molecule has 4 N–H and O–H groups in total. The van der Waals surface area contributed by atoms with Gasteiger partial charge in [0.15, 0.2) is 0 Å². The molecule has 1 saturated carbocycles. The maximum absolute atomic E-state index is 10.4. The van der Waals surface area contributed by atoms with Gasteiger partial charge in [-0.3, -0.25) is 0 Å². The number of benzene rings is 1. The molecule has 1 heterocycles. The summed E-state index contributed by atoms with van der Waals surface area (Å²) >= 11 is 0. The first kappa shape index (κ1) is 14.4. The van der Waals surface area contributed by atoms with Crippen LogP contribution in [0.3, 0.4) is 0 Å². The number of aliphatic hydroxyl groups is 1. The van der Waals surface area contributed by atoms with Crippen LogP contribution in [0.25, 0.3) is 10.9 Å². The van der Waals surface area contributed by atoms with Crippen molar-refractivity contribution in [1.82, 2.24) is 4.98 Å². The highest BCUT2D eigenvalue weighted by molar-refractivity contribution is 5.85. The molecule has 3 nitrogen and oxygen atoms in total. The monoisotopic (exact) mass is 280 g/mol. The summed E-state index contributed by atoms with van der Waals surface area (Å²) < 4.78 is 0. The molecule has 4 heteroatoms. The van der Waals surface area contributed by atoms with Crippen LogP contribution in [0.4, 0.5) is 0 Å². The number of H-pyrrole nitrogens is 1. The second-order valence-corrected chi connectivity index (χ2v) is 5.39. The molecule has 0 radical (unpaired) electrons. The number of aliphatic hydroxyl groups excluding tert-OH is 1. The molecule has 0 aliphatic heterocycles. The molecule has 2 atom stereocenters. The van der Waals surface area contributed by atoms with Gasteiger partial charge in [-0.05, 0) is 41.8 Å². The highest BCUT2D eigenvalue weighted by Gasteiger charge is 2.28. The molecular formula is C15H21ClN2O. The predicted octanol–water partition coefficient (Wildman–Crippen LogP) is 3.14. The molecule has 1 aliphatic rings. The lowest BCUT2D eigenvalue weighted by Gasteiger charge is -2.24. The van der Waals surface area contributed by atoms with Gasteiger partial charge in [0.05, 0.1) is 12.1 Å². The van der Waals surface area contributed by atoms with E-state index in [2.05, 4.69) is 17.1 Å². The first-order valence-electron chi connectivity index (χ1n) is 6.76. The third-order valence-corrected chi connectivity index (χ3v) is 4.21. The zero-order valence-electron chi connectivity index (χ0n) is 10.9. The number of fused-ring (bicyclic) bond motifs is 1. The second-order valence-electron chi connectivity index (χ2n) is 5.39. The normalized spacial score (nSPS) is 19.3. The van der Waals surface area contributed by atoms with Gasteiger partial charge in [0.25, 0.3) is 0 Å². The van der Waals surface area contributed by atoms with Crippen molar-refractivity contribution in [3.8, 4) is 0 Å². The fourth-order valence-electron chi connectivity index (χ4n) is 3.06. The van der Waals surface area contributed by atoms with Gasteiger partial charge in [-0.2, -0.15) is 0 Å². The zero-order valence-corrected chi connectivity index (χ0v) is 11.7. The molecular weight excluding hydrogens is 260 g/mol. The summed E-state index contributed by atoms with van der Waals surface area (Å²) in [7, 11) is 0. The fourth-order valence-corrected chi connectivity index (χ4v) is 3.06. The van der Waals surface area contributed by atoms with Crippen molar-refractivity contribution in [3.05, 3.63) is 36.0 Å². The molecule has 0 unspecified atom stereocenters. The standard InChI is InChI=1S/C15H20N2O.ClH/c16-14(15(18)11-3-1-2-4-11)12-6-5-10-7-8-17-13(10)9-12;/h5-9,11,14-15,17-18H,1-4,16H2;1H/t14-,15+;/m0./s1. The molecule has 104 valence electrons. The molecule has 1 aliphatic carbocycles. The van der Waals surface area contributed by atoms with Crippen LogP contribution >= 0.6 is 12.4 Å². The minimum atomic E-state index is -0.417. The first-order valence-corrected chi connectivity index (χ1v) is 6.76. The highest BCUT2D eigenvalue weighted by Crippen LogP contribution is 2.33. The third kappa shape index (κ3) is 2.78. The van der Waals surface area contributed by atoms with Gasteiger partial charge in [0.1, 0.15) is 0 Å². The number of nitrogens with two attached hydrogens (primary N) is 1. The average molecular weight is 281 g/mol. The van der Waals surface area contributed by atoms with Crippen LogP contribution in [0.1, 0.15) is 37.3 Å². The summed E-state index contributed by atoms with van der Waals surface area (Å²) in [5.74, 6) is 0.374. The van der Waals surface area contributed by atoms with Gasteiger partial charge in [-0.15, -0.1) is 12.4 Å². The van der Waals surface area contributed by atoms with E-state index in [1.165, 1.54) is 18.2 Å². The van der Waals surface area contributed by atoms with Crippen LogP contribution in [0.2, 0.25) is 0 Å². The highest BCUT2D eigenvalue weighted by atomic mass is 35.5. The van der Waals surface area contributed by atoms with Crippen molar-refractivity contribution in [3.63, 3.8) is 0 Å². The lowest BCUT2D eigenvalue weighted by molar-refractivity contribution is 0.0845. The summed E-state index contributed by atoms with van der Waals surface area (Å²) in [6.07, 6.45) is 6.18. The largest absolute Gasteiger partial charge is 0.391 e.